The number of nitrogens with two attached hydrogens (primary N) is 1. The lowest BCUT2D eigenvalue weighted by Crippen LogP contribution is -2.31. The molecule has 5 heteroatoms. The van der Waals surface area contributed by atoms with E-state index in [0.29, 0.717) is 25.9 Å². The molecule has 3 amide bonds. The van der Waals surface area contributed by atoms with Crippen molar-refractivity contribution in [3.05, 3.63) is 0 Å². The Kier molecular flexibility index (Phi) is 5.77. The molecule has 0 bridgehead atoms. The maximum Gasteiger partial charge on any atom is 0.312 e. The van der Waals surface area contributed by atoms with Gasteiger partial charge in [-0.15, -0.1) is 0 Å². The maximum absolute atomic E-state index is 10.8. The molecule has 0 radical (unpaired) electrons. The molecule has 0 atom stereocenters. The number of carbonyl (C=O) groups excluding carboxylic acids is 2. The molecule has 0 heterocycles. The second kappa shape index (κ2) is 6.45. The van der Waals surface area contributed by atoms with E-state index in [1.54, 1.807) is 0 Å². The molecule has 0 rings (SSSR count). The normalized spacial score (nSPS) is 9.08. The third-order valence-electron chi connectivity index (χ3n) is 1.25. The van der Waals surface area contributed by atoms with Crippen molar-refractivity contribution < 1.29 is 9.59 Å². The minimum Gasteiger partial charge on any atom is -0.356 e. The molecule has 0 saturated heterocycles. The predicted octanol–water partition coefficient (Wildman–Crippen LogP) is -0.429. The number of carbonyl (C=O) groups is 2. The average Bonchev–Trinajstić information content (AvgIpc) is 1.98. The topological polar surface area (TPSA) is 84.2 Å². The second-order valence-electron chi connectivity index (χ2n) is 2.35. The molecule has 0 saturated carbocycles. The quantitative estimate of drug-likeness (QED) is 0.493. The van der Waals surface area contributed by atoms with Crippen molar-refractivity contribution in [3.8, 4) is 0 Å². The highest BCUT2D eigenvalue weighted by Gasteiger charge is 1.98. The Hall–Kier alpha value is -1.26. The van der Waals surface area contributed by atoms with Crippen LogP contribution in [-0.2, 0) is 4.79 Å². The molecule has 0 aliphatic rings. The van der Waals surface area contributed by atoms with Gasteiger partial charge < -0.3 is 16.4 Å². The Morgan fingerprint density at radius 1 is 1.33 bits per heavy atom. The zero-order chi connectivity index (χ0) is 9.40. The van der Waals surface area contributed by atoms with Crippen molar-refractivity contribution >= 4 is 11.9 Å². The summed E-state index contributed by atoms with van der Waals surface area (Å²) in [6, 6.07) is -0.550. The molecular weight excluding hydrogens is 158 g/mol. The number of urea groups is 1. The van der Waals surface area contributed by atoms with Gasteiger partial charge in [0, 0.05) is 19.5 Å². The van der Waals surface area contributed by atoms with Crippen LogP contribution >= 0.6 is 0 Å². The van der Waals surface area contributed by atoms with E-state index in [0.717, 1.165) is 0 Å². The first kappa shape index (κ1) is 10.7. The molecule has 0 aromatic carbocycles. The highest BCUT2D eigenvalue weighted by atomic mass is 16.2. The van der Waals surface area contributed by atoms with Gasteiger partial charge in [0.05, 0.1) is 0 Å². The molecule has 70 valence electrons. The molecule has 0 aromatic rings. The molecular formula is C7H15N3O2. The van der Waals surface area contributed by atoms with Gasteiger partial charge in [-0.25, -0.2) is 4.79 Å². The van der Waals surface area contributed by atoms with E-state index in [2.05, 4.69) is 10.6 Å². The zero-order valence-corrected chi connectivity index (χ0v) is 7.22. The zero-order valence-electron chi connectivity index (χ0n) is 7.22. The third kappa shape index (κ3) is 6.85. The summed E-state index contributed by atoms with van der Waals surface area (Å²) >= 11 is 0. The van der Waals surface area contributed by atoms with Gasteiger partial charge in [-0.1, -0.05) is 0 Å². The average molecular weight is 173 g/mol. The fraction of sp³-hybridized carbons (Fsp3) is 0.714. The van der Waals surface area contributed by atoms with E-state index in [1.807, 2.05) is 6.92 Å². The number of amides is 3. The van der Waals surface area contributed by atoms with E-state index in [1.165, 1.54) is 0 Å². The van der Waals surface area contributed by atoms with Gasteiger partial charge in [-0.3, -0.25) is 4.79 Å². The van der Waals surface area contributed by atoms with Crippen LogP contribution in [0.2, 0.25) is 0 Å². The van der Waals surface area contributed by atoms with Gasteiger partial charge in [0.15, 0.2) is 0 Å². The molecule has 0 spiro atoms. The van der Waals surface area contributed by atoms with Crippen molar-refractivity contribution in [2.24, 2.45) is 5.73 Å². The number of hydrogen-bond donors (Lipinski definition) is 3. The van der Waals surface area contributed by atoms with E-state index in [4.69, 9.17) is 5.73 Å². The van der Waals surface area contributed by atoms with Gasteiger partial charge in [-0.05, 0) is 13.3 Å². The smallest absolute Gasteiger partial charge is 0.312 e. The molecule has 5 nitrogen and oxygen atoms in total. The summed E-state index contributed by atoms with van der Waals surface area (Å²) in [5.74, 6) is 0.00349. The van der Waals surface area contributed by atoms with E-state index >= 15 is 0 Å². The molecule has 4 N–H and O–H groups in total. The summed E-state index contributed by atoms with van der Waals surface area (Å²) in [4.78, 5) is 21.0. The number of rotatable bonds is 5. The Morgan fingerprint density at radius 3 is 2.50 bits per heavy atom. The summed E-state index contributed by atoms with van der Waals surface area (Å²) in [6.07, 6.45) is 1.04. The van der Waals surface area contributed by atoms with Gasteiger partial charge in [0.2, 0.25) is 5.91 Å². The third-order valence-corrected chi connectivity index (χ3v) is 1.25. The fourth-order valence-corrected chi connectivity index (χ4v) is 0.746. The lowest BCUT2D eigenvalue weighted by Gasteiger charge is -2.01. The minimum absolute atomic E-state index is 0.00349. The predicted molar refractivity (Wildman–Crippen MR) is 45.5 cm³/mol. The molecule has 0 aromatic heterocycles. The van der Waals surface area contributed by atoms with E-state index < -0.39 is 6.03 Å². The largest absolute Gasteiger partial charge is 0.356 e. The Balaban J connectivity index is 3.19. The number of primary amides is 1. The summed E-state index contributed by atoms with van der Waals surface area (Å²) in [5, 5.41) is 5.05. The van der Waals surface area contributed by atoms with Crippen LogP contribution in [0.15, 0.2) is 0 Å². The fourth-order valence-electron chi connectivity index (χ4n) is 0.746. The minimum atomic E-state index is -0.550. The van der Waals surface area contributed by atoms with Gasteiger partial charge in [-0.2, -0.15) is 0 Å². The lowest BCUT2D eigenvalue weighted by atomic mass is 10.3. The van der Waals surface area contributed by atoms with Gasteiger partial charge >= 0.3 is 6.03 Å². The molecule has 0 aliphatic carbocycles. The first-order chi connectivity index (χ1) is 5.66. The van der Waals surface area contributed by atoms with Crippen LogP contribution in [-0.4, -0.2) is 25.0 Å². The monoisotopic (exact) mass is 173 g/mol. The standard InChI is InChI=1S/C7H15N3O2/c1-2-9-6(11)4-3-5-10-7(8)12/h2-5H2,1H3,(H,9,11)(H3,8,10,12). The summed E-state index contributed by atoms with van der Waals surface area (Å²) < 4.78 is 0. The van der Waals surface area contributed by atoms with Crippen LogP contribution in [0.5, 0.6) is 0 Å². The SMILES string of the molecule is CCNC(=O)CCCNC(N)=O. The molecule has 0 unspecified atom stereocenters. The van der Waals surface area contributed by atoms with Crippen LogP contribution in [0, 0.1) is 0 Å². The first-order valence-electron chi connectivity index (χ1n) is 3.96. The summed E-state index contributed by atoms with van der Waals surface area (Å²) in [6.45, 7) is 2.95. The first-order valence-corrected chi connectivity index (χ1v) is 3.96. The molecule has 0 aliphatic heterocycles. The van der Waals surface area contributed by atoms with Crippen molar-refractivity contribution in [2.45, 2.75) is 19.8 Å². The Morgan fingerprint density at radius 2 is 2.00 bits per heavy atom. The van der Waals surface area contributed by atoms with Crippen LogP contribution in [0.25, 0.3) is 0 Å². The number of nitrogens with one attached hydrogen (secondary N) is 2. The molecule has 0 fully saturated rings. The van der Waals surface area contributed by atoms with E-state index in [-0.39, 0.29) is 5.91 Å². The van der Waals surface area contributed by atoms with Crippen LogP contribution in [0.1, 0.15) is 19.8 Å². The van der Waals surface area contributed by atoms with Crippen LogP contribution in [0.4, 0.5) is 4.79 Å². The Bertz CT molecular complexity index is 159. The maximum atomic E-state index is 10.8. The van der Waals surface area contributed by atoms with Crippen LogP contribution in [0.3, 0.4) is 0 Å². The number of hydrogen-bond acceptors (Lipinski definition) is 2. The van der Waals surface area contributed by atoms with E-state index in [9.17, 15) is 9.59 Å². The van der Waals surface area contributed by atoms with Crippen molar-refractivity contribution in [3.63, 3.8) is 0 Å². The van der Waals surface area contributed by atoms with Crippen molar-refractivity contribution in [1.29, 1.82) is 0 Å². The summed E-state index contributed by atoms with van der Waals surface area (Å²) in [7, 11) is 0. The highest BCUT2D eigenvalue weighted by molar-refractivity contribution is 5.76. The van der Waals surface area contributed by atoms with Crippen molar-refractivity contribution in [1.82, 2.24) is 10.6 Å². The lowest BCUT2D eigenvalue weighted by molar-refractivity contribution is -0.121. The Labute approximate surface area is 71.7 Å². The van der Waals surface area contributed by atoms with Gasteiger partial charge in [0.1, 0.15) is 0 Å². The van der Waals surface area contributed by atoms with Crippen molar-refractivity contribution in [2.75, 3.05) is 13.1 Å². The molecule has 12 heavy (non-hydrogen) atoms. The highest BCUT2D eigenvalue weighted by Crippen LogP contribution is 1.85. The summed E-state index contributed by atoms with van der Waals surface area (Å²) in [5.41, 5.74) is 4.82. The van der Waals surface area contributed by atoms with Gasteiger partial charge in [0.25, 0.3) is 0 Å². The van der Waals surface area contributed by atoms with Crippen LogP contribution < -0.4 is 16.4 Å². The second-order valence-corrected chi connectivity index (χ2v) is 2.35.